The molecule has 0 fully saturated rings. The Balaban J connectivity index is 1.64. The molecule has 1 N–H and O–H groups in total. The van der Waals surface area contributed by atoms with Crippen molar-refractivity contribution in [3.8, 4) is 17.2 Å². The molecule has 0 bridgehead atoms. The van der Waals surface area contributed by atoms with Crippen molar-refractivity contribution in [3.63, 3.8) is 0 Å². The minimum atomic E-state index is -0.0444. The minimum Gasteiger partial charge on any atom is -0.310 e. The van der Waals surface area contributed by atoms with Crippen LogP contribution in [0.5, 0.6) is 0 Å². The Morgan fingerprint density at radius 2 is 2.07 bits per heavy atom. The highest BCUT2D eigenvalue weighted by molar-refractivity contribution is 7.08. The molecule has 1 aliphatic rings. The Kier molecular flexibility index (Phi) is 3.98. The molecule has 0 spiro atoms. The summed E-state index contributed by atoms with van der Waals surface area (Å²) in [6, 6.07) is 11.8. The van der Waals surface area contributed by atoms with Gasteiger partial charge in [-0.2, -0.15) is 26.2 Å². The lowest BCUT2D eigenvalue weighted by atomic mass is 9.87. The van der Waals surface area contributed by atoms with Gasteiger partial charge in [0.25, 0.3) is 5.95 Å². The Bertz CT molecular complexity index is 1150. The molecular formula is C20H16N6OS. The Morgan fingerprint density at radius 1 is 1.21 bits per heavy atom. The number of hydrogen-bond donors (Lipinski definition) is 1. The van der Waals surface area contributed by atoms with Gasteiger partial charge in [0.2, 0.25) is 5.91 Å². The van der Waals surface area contributed by atoms with Crippen molar-refractivity contribution in [3.05, 3.63) is 70.2 Å². The molecule has 7 nitrogen and oxygen atoms in total. The third-order valence-corrected chi connectivity index (χ3v) is 5.56. The summed E-state index contributed by atoms with van der Waals surface area (Å²) in [4.78, 5) is 17.0. The molecule has 4 aromatic rings. The maximum absolute atomic E-state index is 12.4. The van der Waals surface area contributed by atoms with Crippen molar-refractivity contribution in [1.82, 2.24) is 25.0 Å². The molecule has 3 aromatic heterocycles. The molecule has 138 valence electrons. The molecule has 0 aliphatic carbocycles. The van der Waals surface area contributed by atoms with E-state index >= 15 is 0 Å². The first-order valence-corrected chi connectivity index (χ1v) is 9.82. The Hall–Kier alpha value is -3.39. The zero-order valence-electron chi connectivity index (χ0n) is 15.0. The predicted molar refractivity (Wildman–Crippen MR) is 107 cm³/mol. The monoisotopic (exact) mass is 388 g/mol. The number of fused-ring (bicyclic) bond motifs is 1. The smallest absolute Gasteiger partial charge is 0.272 e. The highest BCUT2D eigenvalue weighted by atomic mass is 32.1. The molecule has 0 saturated carbocycles. The van der Waals surface area contributed by atoms with Crippen LogP contribution in [-0.2, 0) is 4.79 Å². The summed E-state index contributed by atoms with van der Waals surface area (Å²) in [5.41, 5.74) is 4.62. The molecule has 28 heavy (non-hydrogen) atoms. The van der Waals surface area contributed by atoms with E-state index < -0.39 is 0 Å². The van der Waals surface area contributed by atoms with Gasteiger partial charge in [0.05, 0.1) is 17.6 Å². The number of anilines is 1. The number of aryl methyl sites for hydroxylation is 1. The highest BCUT2D eigenvalue weighted by Crippen LogP contribution is 2.40. The number of amides is 1. The van der Waals surface area contributed by atoms with Crippen molar-refractivity contribution in [2.75, 3.05) is 5.32 Å². The molecule has 4 heterocycles. The van der Waals surface area contributed by atoms with Crippen LogP contribution in [0.1, 0.15) is 29.2 Å². The fraction of sp³-hybridized carbons (Fsp3) is 0.150. The van der Waals surface area contributed by atoms with Gasteiger partial charge < -0.3 is 5.32 Å². The predicted octanol–water partition coefficient (Wildman–Crippen LogP) is 3.57. The second-order valence-electron chi connectivity index (χ2n) is 6.63. The van der Waals surface area contributed by atoms with E-state index in [4.69, 9.17) is 0 Å². The van der Waals surface area contributed by atoms with Crippen LogP contribution in [0, 0.1) is 6.92 Å². The zero-order valence-corrected chi connectivity index (χ0v) is 15.8. The molecule has 5 rings (SSSR count). The largest absolute Gasteiger partial charge is 0.310 e. The standard InChI is InChI=1S/C20H16N6OS/c1-12-18-15(14-7-8-28-11-14)9-17(27)23-19(18)26(25-12)20-22-16(10-21-24-20)13-5-3-2-4-6-13/h2-8,10-11,15H,9H2,1H3,(H,23,27)/t15-/m0/s1. The van der Waals surface area contributed by atoms with Crippen molar-refractivity contribution in [1.29, 1.82) is 0 Å². The quantitative estimate of drug-likeness (QED) is 0.580. The average Bonchev–Trinajstić information content (AvgIpc) is 3.37. The van der Waals surface area contributed by atoms with E-state index in [0.717, 1.165) is 22.4 Å². The van der Waals surface area contributed by atoms with E-state index in [1.165, 1.54) is 0 Å². The lowest BCUT2D eigenvalue weighted by Crippen LogP contribution is -2.25. The van der Waals surface area contributed by atoms with Crippen LogP contribution in [0.25, 0.3) is 17.2 Å². The molecular weight excluding hydrogens is 372 g/mol. The zero-order chi connectivity index (χ0) is 19.1. The van der Waals surface area contributed by atoms with E-state index in [1.807, 2.05) is 42.6 Å². The summed E-state index contributed by atoms with van der Waals surface area (Å²) < 4.78 is 1.58. The van der Waals surface area contributed by atoms with Gasteiger partial charge in [0.15, 0.2) is 0 Å². The maximum atomic E-state index is 12.4. The number of thiophene rings is 1. The lowest BCUT2D eigenvalue weighted by molar-refractivity contribution is -0.116. The van der Waals surface area contributed by atoms with E-state index in [-0.39, 0.29) is 11.8 Å². The van der Waals surface area contributed by atoms with Crippen molar-refractivity contribution in [2.45, 2.75) is 19.3 Å². The Labute approximate surface area is 165 Å². The van der Waals surface area contributed by atoms with Crippen LogP contribution in [0.15, 0.2) is 53.4 Å². The number of carbonyl (C=O) groups is 1. The van der Waals surface area contributed by atoms with Gasteiger partial charge in [-0.05, 0) is 29.3 Å². The van der Waals surface area contributed by atoms with Crippen molar-refractivity contribution < 1.29 is 4.79 Å². The van der Waals surface area contributed by atoms with Crippen LogP contribution in [0.4, 0.5) is 5.82 Å². The van der Waals surface area contributed by atoms with Crippen molar-refractivity contribution >= 4 is 23.1 Å². The number of nitrogens with one attached hydrogen (secondary N) is 1. The van der Waals surface area contributed by atoms with E-state index in [9.17, 15) is 4.79 Å². The number of carbonyl (C=O) groups excluding carboxylic acids is 1. The number of benzene rings is 1. The maximum Gasteiger partial charge on any atom is 0.272 e. The second-order valence-corrected chi connectivity index (χ2v) is 7.41. The first-order chi connectivity index (χ1) is 13.7. The van der Waals surface area contributed by atoms with Gasteiger partial charge in [-0.15, -0.1) is 5.10 Å². The van der Waals surface area contributed by atoms with E-state index in [1.54, 1.807) is 22.2 Å². The summed E-state index contributed by atoms with van der Waals surface area (Å²) in [5.74, 6) is 0.889. The first kappa shape index (κ1) is 16.8. The summed E-state index contributed by atoms with van der Waals surface area (Å²) >= 11 is 1.62. The fourth-order valence-electron chi connectivity index (χ4n) is 3.58. The second kappa shape index (κ2) is 6.65. The number of hydrogen-bond acceptors (Lipinski definition) is 6. The third kappa shape index (κ3) is 2.78. The molecule has 1 aromatic carbocycles. The first-order valence-electron chi connectivity index (χ1n) is 8.87. The van der Waals surface area contributed by atoms with Gasteiger partial charge in [-0.3, -0.25) is 4.79 Å². The SMILES string of the molecule is Cc1nn(-c2nncc(-c3ccccc3)n2)c2c1[C@H](c1ccsc1)CC(=O)N2. The van der Waals surface area contributed by atoms with Gasteiger partial charge in [-0.1, -0.05) is 30.3 Å². The molecule has 0 saturated heterocycles. The third-order valence-electron chi connectivity index (χ3n) is 4.85. The number of aromatic nitrogens is 5. The normalized spacial score (nSPS) is 15.9. The van der Waals surface area contributed by atoms with Gasteiger partial charge in [-0.25, -0.2) is 4.98 Å². The highest BCUT2D eigenvalue weighted by Gasteiger charge is 2.33. The summed E-state index contributed by atoms with van der Waals surface area (Å²) in [7, 11) is 0. The minimum absolute atomic E-state index is 0.0194. The molecule has 1 amide bonds. The molecule has 1 atom stereocenters. The Morgan fingerprint density at radius 3 is 2.86 bits per heavy atom. The van der Waals surface area contributed by atoms with E-state index in [2.05, 4.69) is 37.0 Å². The van der Waals surface area contributed by atoms with Crippen molar-refractivity contribution in [2.24, 2.45) is 0 Å². The van der Waals surface area contributed by atoms with Gasteiger partial charge in [0, 0.05) is 23.5 Å². The topological polar surface area (TPSA) is 85.6 Å². The van der Waals surface area contributed by atoms with Crippen LogP contribution in [0.2, 0.25) is 0 Å². The molecule has 1 aliphatic heterocycles. The van der Waals surface area contributed by atoms with E-state index in [0.29, 0.717) is 23.9 Å². The lowest BCUT2D eigenvalue weighted by Gasteiger charge is -2.23. The molecule has 0 unspecified atom stereocenters. The summed E-state index contributed by atoms with van der Waals surface area (Å²) in [5, 5.41) is 20.0. The fourth-order valence-corrected chi connectivity index (χ4v) is 4.30. The molecule has 8 heteroatoms. The molecule has 0 radical (unpaired) electrons. The summed E-state index contributed by atoms with van der Waals surface area (Å²) in [6.07, 6.45) is 2.02. The average molecular weight is 388 g/mol. The van der Waals surface area contributed by atoms with Gasteiger partial charge >= 0.3 is 0 Å². The van der Waals surface area contributed by atoms with Crippen LogP contribution in [0.3, 0.4) is 0 Å². The number of nitrogens with zero attached hydrogens (tertiary/aromatic N) is 5. The number of rotatable bonds is 3. The van der Waals surface area contributed by atoms with Gasteiger partial charge in [0.1, 0.15) is 5.82 Å². The van der Waals surface area contributed by atoms with Crippen LogP contribution in [-0.4, -0.2) is 30.9 Å². The van der Waals surface area contributed by atoms with Crippen LogP contribution < -0.4 is 5.32 Å². The summed E-state index contributed by atoms with van der Waals surface area (Å²) in [6.45, 7) is 1.95. The van der Waals surface area contributed by atoms with Crippen LogP contribution >= 0.6 is 11.3 Å².